The van der Waals surface area contributed by atoms with Crippen LogP contribution in [0.5, 0.6) is 11.5 Å². The molecule has 0 atom stereocenters. The third-order valence-corrected chi connectivity index (χ3v) is 3.66. The van der Waals surface area contributed by atoms with Crippen molar-refractivity contribution < 1.29 is 19.4 Å². The number of carboxylic acids is 1. The predicted octanol–water partition coefficient (Wildman–Crippen LogP) is 2.96. The van der Waals surface area contributed by atoms with Crippen LogP contribution in [0.4, 0.5) is 0 Å². The molecule has 5 nitrogen and oxygen atoms in total. The van der Waals surface area contributed by atoms with Crippen molar-refractivity contribution in [2.45, 2.75) is 13.8 Å². The zero-order valence-electron chi connectivity index (χ0n) is 12.5. The van der Waals surface area contributed by atoms with Crippen molar-refractivity contribution >= 4 is 12.0 Å². The van der Waals surface area contributed by atoms with Crippen molar-refractivity contribution in [2.75, 3.05) is 13.2 Å². The molecule has 0 aliphatic carbocycles. The number of rotatable bonds is 3. The minimum absolute atomic E-state index is 0.548. The third kappa shape index (κ3) is 2.57. The highest BCUT2D eigenvalue weighted by molar-refractivity contribution is 5.85. The lowest BCUT2D eigenvalue weighted by atomic mass is 10.2. The maximum absolute atomic E-state index is 10.7. The van der Waals surface area contributed by atoms with E-state index >= 15 is 0 Å². The van der Waals surface area contributed by atoms with Crippen LogP contribution in [0.2, 0.25) is 0 Å². The molecule has 1 aromatic heterocycles. The fourth-order valence-corrected chi connectivity index (χ4v) is 2.69. The monoisotopic (exact) mass is 299 g/mol. The Morgan fingerprint density at radius 1 is 1.18 bits per heavy atom. The molecule has 0 fully saturated rings. The highest BCUT2D eigenvalue weighted by Gasteiger charge is 2.15. The molecule has 5 heteroatoms. The molecule has 2 heterocycles. The van der Waals surface area contributed by atoms with Crippen LogP contribution in [-0.4, -0.2) is 28.9 Å². The van der Waals surface area contributed by atoms with Crippen LogP contribution in [-0.2, 0) is 4.79 Å². The summed E-state index contributed by atoms with van der Waals surface area (Å²) in [6.07, 6.45) is 2.76. The van der Waals surface area contributed by atoms with Gasteiger partial charge in [-0.05, 0) is 43.7 Å². The second-order valence-electron chi connectivity index (χ2n) is 5.16. The molecule has 114 valence electrons. The highest BCUT2D eigenvalue weighted by atomic mass is 16.6. The number of aromatic nitrogens is 1. The number of carbonyl (C=O) groups is 1. The van der Waals surface area contributed by atoms with E-state index in [1.807, 2.05) is 38.1 Å². The van der Waals surface area contributed by atoms with Gasteiger partial charge in [-0.15, -0.1) is 0 Å². The summed E-state index contributed by atoms with van der Waals surface area (Å²) in [5.74, 6) is 0.534. The van der Waals surface area contributed by atoms with Crippen LogP contribution < -0.4 is 9.47 Å². The van der Waals surface area contributed by atoms with Gasteiger partial charge in [0.25, 0.3) is 0 Å². The molecule has 1 aromatic carbocycles. The number of ether oxygens (including phenoxy) is 2. The number of carboxylic acid groups (broad SMARTS) is 1. The Morgan fingerprint density at radius 3 is 2.64 bits per heavy atom. The van der Waals surface area contributed by atoms with Crippen LogP contribution in [0.25, 0.3) is 11.8 Å². The SMILES string of the molecule is Cc1cc(/C=C/C(=O)O)c(C)n1-c1ccc2c(c1)OCCO2. The first-order valence-corrected chi connectivity index (χ1v) is 7.06. The van der Waals surface area contributed by atoms with Crippen LogP contribution in [0, 0.1) is 13.8 Å². The lowest BCUT2D eigenvalue weighted by Crippen LogP contribution is -2.15. The molecule has 0 radical (unpaired) electrons. The van der Waals surface area contributed by atoms with E-state index in [-0.39, 0.29) is 0 Å². The van der Waals surface area contributed by atoms with Gasteiger partial charge in [-0.1, -0.05) is 0 Å². The molecule has 22 heavy (non-hydrogen) atoms. The summed E-state index contributed by atoms with van der Waals surface area (Å²) in [5.41, 5.74) is 3.86. The average molecular weight is 299 g/mol. The molecule has 2 aromatic rings. The minimum atomic E-state index is -0.955. The zero-order valence-corrected chi connectivity index (χ0v) is 12.5. The molecular formula is C17H17NO4. The van der Waals surface area contributed by atoms with Crippen molar-refractivity contribution in [1.29, 1.82) is 0 Å². The molecular weight excluding hydrogens is 282 g/mol. The number of nitrogens with zero attached hydrogens (tertiary/aromatic N) is 1. The van der Waals surface area contributed by atoms with Gasteiger partial charge in [-0.25, -0.2) is 4.79 Å². The smallest absolute Gasteiger partial charge is 0.328 e. The van der Waals surface area contributed by atoms with E-state index in [9.17, 15) is 4.79 Å². The number of fused-ring (bicyclic) bond motifs is 1. The van der Waals surface area contributed by atoms with Gasteiger partial charge in [-0.3, -0.25) is 0 Å². The number of hydrogen-bond donors (Lipinski definition) is 1. The first kappa shape index (κ1) is 14.3. The van der Waals surface area contributed by atoms with E-state index in [1.54, 1.807) is 6.08 Å². The molecule has 1 aliphatic heterocycles. The second kappa shape index (κ2) is 5.60. The zero-order chi connectivity index (χ0) is 15.7. The summed E-state index contributed by atoms with van der Waals surface area (Å²) in [5, 5.41) is 8.77. The van der Waals surface area contributed by atoms with Crippen molar-refractivity contribution in [3.63, 3.8) is 0 Å². The van der Waals surface area contributed by atoms with Crippen molar-refractivity contribution in [1.82, 2.24) is 4.57 Å². The Bertz CT molecular complexity index is 758. The van der Waals surface area contributed by atoms with Gasteiger partial charge in [0.05, 0.1) is 0 Å². The Morgan fingerprint density at radius 2 is 1.91 bits per heavy atom. The third-order valence-electron chi connectivity index (χ3n) is 3.66. The molecule has 0 bridgehead atoms. The quantitative estimate of drug-likeness (QED) is 0.885. The molecule has 1 aliphatic rings. The molecule has 0 saturated carbocycles. The van der Waals surface area contributed by atoms with Gasteiger partial charge in [-0.2, -0.15) is 0 Å². The topological polar surface area (TPSA) is 60.7 Å². The van der Waals surface area contributed by atoms with Crippen molar-refractivity contribution in [3.05, 3.63) is 47.3 Å². The number of aryl methyl sites for hydroxylation is 1. The van der Waals surface area contributed by atoms with Crippen molar-refractivity contribution in [3.8, 4) is 17.2 Å². The largest absolute Gasteiger partial charge is 0.486 e. The molecule has 0 unspecified atom stereocenters. The predicted molar refractivity (Wildman–Crippen MR) is 82.9 cm³/mol. The lowest BCUT2D eigenvalue weighted by Gasteiger charge is -2.20. The molecule has 0 spiro atoms. The van der Waals surface area contributed by atoms with Gasteiger partial charge in [0.1, 0.15) is 13.2 Å². The molecule has 3 rings (SSSR count). The van der Waals surface area contributed by atoms with E-state index in [0.717, 1.165) is 40.2 Å². The Kier molecular flexibility index (Phi) is 3.63. The maximum Gasteiger partial charge on any atom is 0.328 e. The van der Waals surface area contributed by atoms with E-state index in [1.165, 1.54) is 0 Å². The van der Waals surface area contributed by atoms with Crippen LogP contribution in [0.3, 0.4) is 0 Å². The van der Waals surface area contributed by atoms with E-state index in [4.69, 9.17) is 14.6 Å². The summed E-state index contributed by atoms with van der Waals surface area (Å²) in [7, 11) is 0. The summed E-state index contributed by atoms with van der Waals surface area (Å²) in [6, 6.07) is 7.78. The van der Waals surface area contributed by atoms with Gasteiger partial charge in [0.2, 0.25) is 0 Å². The van der Waals surface area contributed by atoms with Gasteiger partial charge < -0.3 is 19.1 Å². The van der Waals surface area contributed by atoms with E-state index in [2.05, 4.69) is 4.57 Å². The van der Waals surface area contributed by atoms with Gasteiger partial charge in [0, 0.05) is 29.2 Å². The summed E-state index contributed by atoms with van der Waals surface area (Å²) >= 11 is 0. The summed E-state index contributed by atoms with van der Waals surface area (Å²) in [6.45, 7) is 5.07. The maximum atomic E-state index is 10.7. The Labute approximate surface area is 128 Å². The normalized spacial score (nSPS) is 13.5. The fraction of sp³-hybridized carbons (Fsp3) is 0.235. The Balaban J connectivity index is 2.03. The molecule has 0 amide bonds. The number of benzene rings is 1. The molecule has 0 saturated heterocycles. The van der Waals surface area contributed by atoms with Crippen LogP contribution >= 0.6 is 0 Å². The molecule has 1 N–H and O–H groups in total. The van der Waals surface area contributed by atoms with E-state index in [0.29, 0.717) is 13.2 Å². The second-order valence-corrected chi connectivity index (χ2v) is 5.16. The van der Waals surface area contributed by atoms with Crippen molar-refractivity contribution in [2.24, 2.45) is 0 Å². The minimum Gasteiger partial charge on any atom is -0.486 e. The Hall–Kier alpha value is -2.69. The number of hydrogen-bond acceptors (Lipinski definition) is 3. The summed E-state index contributed by atoms with van der Waals surface area (Å²) < 4.78 is 13.2. The lowest BCUT2D eigenvalue weighted by molar-refractivity contribution is -0.131. The first-order valence-electron chi connectivity index (χ1n) is 7.06. The fourth-order valence-electron chi connectivity index (χ4n) is 2.69. The highest BCUT2D eigenvalue weighted by Crippen LogP contribution is 2.33. The standard InChI is InChI=1S/C17H17NO4/c1-11-9-13(3-6-17(19)20)12(2)18(11)14-4-5-15-16(10-14)22-8-7-21-15/h3-6,9-10H,7-8H2,1-2H3,(H,19,20)/b6-3+. The van der Waals surface area contributed by atoms with Crippen LogP contribution in [0.15, 0.2) is 30.3 Å². The average Bonchev–Trinajstić information content (AvgIpc) is 2.79. The van der Waals surface area contributed by atoms with Gasteiger partial charge >= 0.3 is 5.97 Å². The summed E-state index contributed by atoms with van der Waals surface area (Å²) in [4.78, 5) is 10.7. The van der Waals surface area contributed by atoms with E-state index < -0.39 is 5.97 Å². The van der Waals surface area contributed by atoms with Gasteiger partial charge in [0.15, 0.2) is 11.5 Å². The number of aliphatic carboxylic acids is 1. The van der Waals surface area contributed by atoms with Crippen LogP contribution in [0.1, 0.15) is 17.0 Å². The first-order chi connectivity index (χ1) is 10.6.